The van der Waals surface area contributed by atoms with Crippen LogP contribution in [0.15, 0.2) is 30.6 Å². The number of hydrogen-bond acceptors (Lipinski definition) is 5. The minimum Gasteiger partial charge on any atom is -0.472 e. The van der Waals surface area contributed by atoms with Crippen molar-refractivity contribution in [2.75, 3.05) is 5.32 Å². The molecule has 140 valence electrons. The van der Waals surface area contributed by atoms with Crippen LogP contribution in [0.4, 0.5) is 19.3 Å². The fourth-order valence-corrected chi connectivity index (χ4v) is 2.92. The molecule has 2 amide bonds. The highest BCUT2D eigenvalue weighted by molar-refractivity contribution is 5.89. The molecule has 0 atom stereocenters. The summed E-state index contributed by atoms with van der Waals surface area (Å²) in [6.07, 6.45) is 5.26. The molecular formula is C18H17F2N5O2. The monoisotopic (exact) mass is 373 g/mol. The molecule has 2 N–H and O–H groups in total. The summed E-state index contributed by atoms with van der Waals surface area (Å²) in [6, 6.07) is 4.49. The molecule has 1 heterocycles. The van der Waals surface area contributed by atoms with E-state index >= 15 is 0 Å². The molecule has 1 saturated carbocycles. The Kier molecular flexibility index (Phi) is 5.76. The summed E-state index contributed by atoms with van der Waals surface area (Å²) in [4.78, 5) is 19.9. The average Bonchev–Trinajstić information content (AvgIpc) is 2.67. The lowest BCUT2D eigenvalue weighted by Gasteiger charge is -2.29. The summed E-state index contributed by atoms with van der Waals surface area (Å²) in [6.45, 7) is 0. The van der Waals surface area contributed by atoms with Crippen LogP contribution in [-0.2, 0) is 0 Å². The lowest BCUT2D eigenvalue weighted by atomic mass is 9.93. The van der Waals surface area contributed by atoms with E-state index in [0.717, 1.165) is 12.1 Å². The van der Waals surface area contributed by atoms with Crippen LogP contribution in [0.2, 0.25) is 0 Å². The number of carbonyl (C=O) groups is 1. The van der Waals surface area contributed by atoms with E-state index in [-0.39, 0.29) is 23.7 Å². The van der Waals surface area contributed by atoms with Crippen molar-refractivity contribution in [1.29, 1.82) is 5.26 Å². The standard InChI is InChI=1S/C18H17F2N5O2/c19-13-2-1-3-14(20)16(13)25-18(26)24-11-4-6-12(7-5-11)27-17-15(10-21)22-8-9-23-17/h1-3,8-9,11-12H,4-7H2,(H2,24,25,26). The van der Waals surface area contributed by atoms with Crippen molar-refractivity contribution in [1.82, 2.24) is 15.3 Å². The molecule has 27 heavy (non-hydrogen) atoms. The minimum absolute atomic E-state index is 0.129. The van der Waals surface area contributed by atoms with Crippen LogP contribution in [-0.4, -0.2) is 28.1 Å². The fourth-order valence-electron chi connectivity index (χ4n) is 2.92. The Labute approximate surface area is 154 Å². The molecular weight excluding hydrogens is 356 g/mol. The molecule has 0 radical (unpaired) electrons. The van der Waals surface area contributed by atoms with Gasteiger partial charge in [-0.3, -0.25) is 0 Å². The Balaban J connectivity index is 1.49. The first kappa shape index (κ1) is 18.5. The smallest absolute Gasteiger partial charge is 0.319 e. The maximum Gasteiger partial charge on any atom is 0.319 e. The van der Waals surface area contributed by atoms with Crippen molar-refractivity contribution >= 4 is 11.7 Å². The molecule has 1 aromatic heterocycles. The third-order valence-electron chi connectivity index (χ3n) is 4.26. The number of para-hydroxylation sites is 1. The van der Waals surface area contributed by atoms with Gasteiger partial charge in [-0.05, 0) is 37.8 Å². The number of aromatic nitrogens is 2. The van der Waals surface area contributed by atoms with Crippen molar-refractivity contribution in [3.63, 3.8) is 0 Å². The number of halogens is 2. The Morgan fingerprint density at radius 3 is 2.48 bits per heavy atom. The van der Waals surface area contributed by atoms with Gasteiger partial charge in [-0.25, -0.2) is 23.5 Å². The lowest BCUT2D eigenvalue weighted by molar-refractivity contribution is 0.134. The van der Waals surface area contributed by atoms with E-state index < -0.39 is 23.4 Å². The largest absolute Gasteiger partial charge is 0.472 e. The Morgan fingerprint density at radius 2 is 1.81 bits per heavy atom. The molecule has 1 aliphatic carbocycles. The van der Waals surface area contributed by atoms with Gasteiger partial charge in [0.15, 0.2) is 0 Å². The highest BCUT2D eigenvalue weighted by Crippen LogP contribution is 2.24. The Morgan fingerprint density at radius 1 is 1.15 bits per heavy atom. The summed E-state index contributed by atoms with van der Waals surface area (Å²) in [5.74, 6) is -1.47. The summed E-state index contributed by atoms with van der Waals surface area (Å²) in [5, 5.41) is 13.9. The highest BCUT2D eigenvalue weighted by Gasteiger charge is 2.25. The molecule has 3 rings (SSSR count). The van der Waals surface area contributed by atoms with Gasteiger partial charge in [0.1, 0.15) is 29.5 Å². The number of nitrogens with zero attached hydrogens (tertiary/aromatic N) is 3. The number of amides is 2. The van der Waals surface area contributed by atoms with E-state index in [2.05, 4.69) is 20.6 Å². The van der Waals surface area contributed by atoms with E-state index in [9.17, 15) is 13.6 Å². The van der Waals surface area contributed by atoms with Crippen LogP contribution in [0.5, 0.6) is 5.88 Å². The first-order chi connectivity index (χ1) is 13.1. The van der Waals surface area contributed by atoms with Crippen LogP contribution in [0.25, 0.3) is 0 Å². The second-order valence-corrected chi connectivity index (χ2v) is 6.11. The summed E-state index contributed by atoms with van der Waals surface area (Å²) in [7, 11) is 0. The molecule has 0 aliphatic heterocycles. The van der Waals surface area contributed by atoms with Gasteiger partial charge in [-0.2, -0.15) is 5.26 Å². The van der Waals surface area contributed by atoms with Gasteiger partial charge in [0.2, 0.25) is 5.69 Å². The molecule has 9 heteroatoms. The van der Waals surface area contributed by atoms with Crippen molar-refractivity contribution in [2.24, 2.45) is 0 Å². The third kappa shape index (κ3) is 4.67. The molecule has 2 aromatic rings. The quantitative estimate of drug-likeness (QED) is 0.858. The van der Waals surface area contributed by atoms with E-state index in [0.29, 0.717) is 25.7 Å². The molecule has 0 bridgehead atoms. The number of nitrogens with one attached hydrogen (secondary N) is 2. The fraction of sp³-hybridized carbons (Fsp3) is 0.333. The van der Waals surface area contributed by atoms with Gasteiger partial charge in [0.05, 0.1) is 0 Å². The SMILES string of the molecule is N#Cc1nccnc1OC1CCC(NC(=O)Nc2c(F)cccc2F)CC1. The number of rotatable bonds is 4. The number of carbonyl (C=O) groups excluding carboxylic acids is 1. The average molecular weight is 373 g/mol. The number of ether oxygens (including phenoxy) is 1. The van der Waals surface area contributed by atoms with Crippen molar-refractivity contribution < 1.29 is 18.3 Å². The number of urea groups is 1. The maximum absolute atomic E-state index is 13.6. The van der Waals surface area contributed by atoms with Gasteiger partial charge >= 0.3 is 6.03 Å². The van der Waals surface area contributed by atoms with E-state index in [1.54, 1.807) is 0 Å². The zero-order chi connectivity index (χ0) is 19.2. The molecule has 1 aliphatic rings. The van der Waals surface area contributed by atoms with Crippen LogP contribution in [0.1, 0.15) is 31.4 Å². The molecule has 0 spiro atoms. The predicted octanol–water partition coefficient (Wildman–Crippen LogP) is 3.14. The number of hydrogen-bond donors (Lipinski definition) is 2. The Bertz CT molecular complexity index is 843. The second-order valence-electron chi connectivity index (χ2n) is 6.11. The van der Waals surface area contributed by atoms with Crippen molar-refractivity contribution in [2.45, 2.75) is 37.8 Å². The topological polar surface area (TPSA) is 99.9 Å². The van der Waals surface area contributed by atoms with Crippen molar-refractivity contribution in [3.05, 3.63) is 47.9 Å². The van der Waals surface area contributed by atoms with Crippen LogP contribution in [0, 0.1) is 23.0 Å². The summed E-state index contributed by atoms with van der Waals surface area (Å²) in [5.41, 5.74) is -0.345. The zero-order valence-corrected chi connectivity index (χ0v) is 14.3. The van der Waals surface area contributed by atoms with E-state index in [1.807, 2.05) is 6.07 Å². The van der Waals surface area contributed by atoms with Gasteiger partial charge in [-0.15, -0.1) is 0 Å². The minimum atomic E-state index is -0.834. The predicted molar refractivity (Wildman–Crippen MR) is 91.9 cm³/mol. The number of benzene rings is 1. The number of nitriles is 1. The highest BCUT2D eigenvalue weighted by atomic mass is 19.1. The molecule has 1 aromatic carbocycles. The molecule has 7 nitrogen and oxygen atoms in total. The van der Waals surface area contributed by atoms with Gasteiger partial charge in [0, 0.05) is 18.4 Å². The first-order valence-electron chi connectivity index (χ1n) is 8.46. The van der Waals surface area contributed by atoms with Crippen LogP contribution >= 0.6 is 0 Å². The third-order valence-corrected chi connectivity index (χ3v) is 4.26. The normalized spacial score (nSPS) is 19.0. The van der Waals surface area contributed by atoms with Gasteiger partial charge < -0.3 is 15.4 Å². The summed E-state index contributed by atoms with van der Waals surface area (Å²) < 4.78 is 32.9. The second kappa shape index (κ2) is 8.40. The van der Waals surface area contributed by atoms with Crippen LogP contribution < -0.4 is 15.4 Å². The van der Waals surface area contributed by atoms with Gasteiger partial charge in [-0.1, -0.05) is 6.07 Å². The van der Waals surface area contributed by atoms with Gasteiger partial charge in [0.25, 0.3) is 5.88 Å². The van der Waals surface area contributed by atoms with E-state index in [4.69, 9.17) is 10.00 Å². The van der Waals surface area contributed by atoms with Crippen molar-refractivity contribution in [3.8, 4) is 11.9 Å². The molecule has 0 unspecified atom stereocenters. The Hall–Kier alpha value is -3.28. The maximum atomic E-state index is 13.6. The zero-order valence-electron chi connectivity index (χ0n) is 14.3. The lowest BCUT2D eigenvalue weighted by Crippen LogP contribution is -2.42. The number of anilines is 1. The summed E-state index contributed by atoms with van der Waals surface area (Å²) >= 11 is 0. The molecule has 1 fully saturated rings. The first-order valence-corrected chi connectivity index (χ1v) is 8.46. The van der Waals surface area contributed by atoms with Crippen LogP contribution in [0.3, 0.4) is 0 Å². The van der Waals surface area contributed by atoms with E-state index in [1.165, 1.54) is 18.5 Å². The molecule has 0 saturated heterocycles.